The Kier molecular flexibility index (Phi) is 9.42. The molecule has 12 heteroatoms. The first kappa shape index (κ1) is 28.4. The largest absolute Gasteiger partial charge is 0.465 e. The third-order valence-electron chi connectivity index (χ3n) is 6.98. The molecule has 1 aliphatic heterocycles. The van der Waals surface area contributed by atoms with E-state index in [4.69, 9.17) is 4.74 Å². The van der Waals surface area contributed by atoms with E-state index in [1.54, 1.807) is 18.2 Å². The van der Waals surface area contributed by atoms with Crippen molar-refractivity contribution >= 4 is 30.3 Å². The summed E-state index contributed by atoms with van der Waals surface area (Å²) in [5, 5.41) is 22.7. The highest BCUT2D eigenvalue weighted by molar-refractivity contribution is 7.89. The van der Waals surface area contributed by atoms with Crippen LogP contribution in [0.15, 0.2) is 35.2 Å². The van der Waals surface area contributed by atoms with Crippen LogP contribution in [0.4, 0.5) is 9.59 Å². The first-order valence-corrected chi connectivity index (χ1v) is 17.7. The Morgan fingerprint density at radius 2 is 1.81 bits per heavy atom. The molecule has 1 aromatic carbocycles. The lowest BCUT2D eigenvalue weighted by Crippen LogP contribution is -2.56. The number of alkyl carbamates (subject to hydrolysis) is 1. The van der Waals surface area contributed by atoms with Gasteiger partial charge in [-0.2, -0.15) is 4.31 Å². The van der Waals surface area contributed by atoms with E-state index < -0.39 is 42.4 Å². The molecule has 0 bridgehead atoms. The molecule has 3 rings (SSSR count). The van der Waals surface area contributed by atoms with Gasteiger partial charge in [0, 0.05) is 39.8 Å². The number of aliphatic hydroxyl groups excluding tert-OH is 1. The van der Waals surface area contributed by atoms with E-state index in [1.807, 2.05) is 0 Å². The van der Waals surface area contributed by atoms with Crippen LogP contribution in [0.1, 0.15) is 25.7 Å². The number of nitrogens with zero attached hydrogens (tertiary/aromatic N) is 2. The zero-order valence-electron chi connectivity index (χ0n) is 21.3. The molecule has 10 nitrogen and oxygen atoms in total. The van der Waals surface area contributed by atoms with E-state index in [9.17, 15) is 28.2 Å². The van der Waals surface area contributed by atoms with Crippen LogP contribution in [-0.2, 0) is 14.8 Å². The lowest BCUT2D eigenvalue weighted by atomic mass is 9.94. The zero-order valence-corrected chi connectivity index (χ0v) is 23.1. The maximum absolute atomic E-state index is 13.4. The van der Waals surface area contributed by atoms with Gasteiger partial charge in [0.05, 0.1) is 17.6 Å². The standard InChI is InChI=1S/C24H39N3O7SSi/c1-36(2,3)14-13-34-23(29)25-22-16-20(28)15-18(22)9-10-19-17-26(24(30)31)11-12-27(19)35(32,33)21-7-5-4-6-8-21/h4-8,18-20,22,28H,9-17H2,1-3H3,(H,25,29)(H,30,31). The number of sulfonamides is 1. The molecule has 1 saturated carbocycles. The number of carboxylic acid groups (broad SMARTS) is 1. The maximum atomic E-state index is 13.4. The molecule has 1 saturated heterocycles. The predicted octanol–water partition coefficient (Wildman–Crippen LogP) is 3.02. The van der Waals surface area contributed by atoms with Crippen LogP contribution in [0.25, 0.3) is 0 Å². The molecule has 0 radical (unpaired) electrons. The fourth-order valence-corrected chi connectivity index (χ4v) is 7.31. The first-order valence-electron chi connectivity index (χ1n) is 12.5. The number of piperazine rings is 1. The van der Waals surface area contributed by atoms with Crippen molar-refractivity contribution in [3.05, 3.63) is 30.3 Å². The number of nitrogens with one attached hydrogen (secondary N) is 1. The lowest BCUT2D eigenvalue weighted by molar-refractivity contribution is 0.0991. The molecule has 1 aromatic rings. The van der Waals surface area contributed by atoms with E-state index in [-0.39, 0.29) is 36.5 Å². The second-order valence-corrected chi connectivity index (χ2v) is 18.5. The summed E-state index contributed by atoms with van der Waals surface area (Å²) in [6, 6.07) is 8.19. The third-order valence-corrected chi connectivity index (χ3v) is 10.6. The number of hydrogen-bond donors (Lipinski definition) is 3. The number of rotatable bonds is 9. The number of amides is 2. The maximum Gasteiger partial charge on any atom is 0.407 e. The van der Waals surface area contributed by atoms with Gasteiger partial charge in [0.2, 0.25) is 10.0 Å². The van der Waals surface area contributed by atoms with Gasteiger partial charge in [-0.25, -0.2) is 18.0 Å². The number of hydrogen-bond acceptors (Lipinski definition) is 6. The van der Waals surface area contributed by atoms with Crippen molar-refractivity contribution in [1.29, 1.82) is 0 Å². The fraction of sp³-hybridized carbons (Fsp3) is 0.667. The van der Waals surface area contributed by atoms with Crippen LogP contribution < -0.4 is 5.32 Å². The lowest BCUT2D eigenvalue weighted by Gasteiger charge is -2.40. The van der Waals surface area contributed by atoms with Gasteiger partial charge in [-0.3, -0.25) is 0 Å². The molecule has 3 N–H and O–H groups in total. The van der Waals surface area contributed by atoms with E-state index in [2.05, 4.69) is 25.0 Å². The van der Waals surface area contributed by atoms with Crippen molar-refractivity contribution in [2.45, 2.75) is 74.5 Å². The summed E-state index contributed by atoms with van der Waals surface area (Å²) in [5.41, 5.74) is 0. The number of carbonyl (C=O) groups excluding carboxylic acids is 1. The second-order valence-electron chi connectivity index (χ2n) is 11.0. The minimum Gasteiger partial charge on any atom is -0.465 e. The summed E-state index contributed by atoms with van der Waals surface area (Å²) in [6.07, 6.45) is -0.291. The van der Waals surface area contributed by atoms with Gasteiger partial charge in [-0.15, -0.1) is 0 Å². The summed E-state index contributed by atoms with van der Waals surface area (Å²) >= 11 is 0. The van der Waals surface area contributed by atoms with Crippen LogP contribution in [-0.4, -0.2) is 92.5 Å². The number of aliphatic hydroxyl groups is 1. The van der Waals surface area contributed by atoms with Crippen molar-refractivity contribution in [3.63, 3.8) is 0 Å². The number of ether oxygens (including phenoxy) is 1. The number of benzene rings is 1. The zero-order chi connectivity index (χ0) is 26.5. The van der Waals surface area contributed by atoms with Crippen LogP contribution in [0.5, 0.6) is 0 Å². The monoisotopic (exact) mass is 541 g/mol. The average Bonchev–Trinajstić information content (AvgIpc) is 3.15. The van der Waals surface area contributed by atoms with E-state index in [1.165, 1.54) is 21.3 Å². The van der Waals surface area contributed by atoms with E-state index in [0.717, 1.165) is 6.04 Å². The van der Waals surface area contributed by atoms with Gasteiger partial charge in [-0.05, 0) is 49.8 Å². The molecule has 2 fully saturated rings. The van der Waals surface area contributed by atoms with Gasteiger partial charge in [0.15, 0.2) is 0 Å². The fourth-order valence-electron chi connectivity index (χ4n) is 4.93. The molecule has 202 valence electrons. The van der Waals surface area contributed by atoms with Crippen LogP contribution in [0.3, 0.4) is 0 Å². The highest BCUT2D eigenvalue weighted by Gasteiger charge is 2.40. The summed E-state index contributed by atoms with van der Waals surface area (Å²) in [4.78, 5) is 25.4. The quantitative estimate of drug-likeness (QED) is 0.409. The molecule has 0 spiro atoms. The number of carbonyl (C=O) groups is 2. The molecule has 36 heavy (non-hydrogen) atoms. The summed E-state index contributed by atoms with van der Waals surface area (Å²) < 4.78 is 33.5. The molecule has 1 aliphatic carbocycles. The van der Waals surface area contributed by atoms with E-state index in [0.29, 0.717) is 32.3 Å². The minimum atomic E-state index is -3.79. The van der Waals surface area contributed by atoms with Crippen LogP contribution in [0, 0.1) is 5.92 Å². The summed E-state index contributed by atoms with van der Waals surface area (Å²) in [5.74, 6) is -0.0639. The Labute approximate surface area is 214 Å². The van der Waals surface area contributed by atoms with Gasteiger partial charge in [-0.1, -0.05) is 37.8 Å². The van der Waals surface area contributed by atoms with Gasteiger partial charge in [0.25, 0.3) is 0 Å². The molecular weight excluding hydrogens is 502 g/mol. The summed E-state index contributed by atoms with van der Waals surface area (Å²) in [6.45, 7) is 7.23. The Morgan fingerprint density at radius 1 is 1.11 bits per heavy atom. The van der Waals surface area contributed by atoms with Crippen molar-refractivity contribution in [1.82, 2.24) is 14.5 Å². The Morgan fingerprint density at radius 3 is 2.44 bits per heavy atom. The Hall–Kier alpha value is -2.15. The third kappa shape index (κ3) is 7.67. The molecule has 4 atom stereocenters. The van der Waals surface area contributed by atoms with E-state index >= 15 is 0 Å². The van der Waals surface area contributed by atoms with Gasteiger partial charge < -0.3 is 25.2 Å². The molecule has 2 amide bonds. The Balaban J connectivity index is 1.66. The molecule has 2 aliphatic rings. The highest BCUT2D eigenvalue weighted by atomic mass is 32.2. The second kappa shape index (κ2) is 11.9. The van der Waals surface area contributed by atoms with Gasteiger partial charge >= 0.3 is 12.2 Å². The molecule has 4 unspecified atom stereocenters. The topological polar surface area (TPSA) is 136 Å². The first-order chi connectivity index (χ1) is 16.9. The van der Waals surface area contributed by atoms with Gasteiger partial charge in [0.1, 0.15) is 0 Å². The molecule has 0 aromatic heterocycles. The molecular formula is C24H39N3O7SSi. The van der Waals surface area contributed by atoms with Crippen LogP contribution >= 0.6 is 0 Å². The van der Waals surface area contributed by atoms with Crippen molar-refractivity contribution in [2.24, 2.45) is 5.92 Å². The van der Waals surface area contributed by atoms with Crippen molar-refractivity contribution in [3.8, 4) is 0 Å². The SMILES string of the molecule is C[Si](C)(C)CCOC(=O)NC1CC(O)CC1CCC1CN(C(=O)O)CCN1S(=O)(=O)c1ccccc1. The Bertz CT molecular complexity index is 1000. The van der Waals surface area contributed by atoms with Crippen LogP contribution in [0.2, 0.25) is 25.7 Å². The highest BCUT2D eigenvalue weighted by Crippen LogP contribution is 2.33. The summed E-state index contributed by atoms with van der Waals surface area (Å²) in [7, 11) is -5.12. The predicted molar refractivity (Wildman–Crippen MR) is 138 cm³/mol. The van der Waals surface area contributed by atoms with Crippen molar-refractivity contribution in [2.75, 3.05) is 26.2 Å². The minimum absolute atomic E-state index is 0.0639. The van der Waals surface area contributed by atoms with Crippen molar-refractivity contribution < 1.29 is 33.0 Å². The normalized spacial score (nSPS) is 25.5. The smallest absolute Gasteiger partial charge is 0.407 e. The molecule has 1 heterocycles. The average molecular weight is 542 g/mol.